The first kappa shape index (κ1) is 19.8. The van der Waals surface area contributed by atoms with Crippen molar-refractivity contribution in [3.05, 3.63) is 71.3 Å². The largest absolute Gasteiger partial charge is 0.339 e. The molecule has 2 aliphatic heterocycles. The molecule has 3 nitrogen and oxygen atoms in total. The van der Waals surface area contributed by atoms with Gasteiger partial charge in [-0.15, -0.1) is 0 Å². The molecular weight excluding hydrogens is 368 g/mol. The van der Waals surface area contributed by atoms with E-state index in [1.807, 2.05) is 0 Å². The van der Waals surface area contributed by atoms with Crippen molar-refractivity contribution in [1.29, 1.82) is 0 Å². The molecule has 3 aliphatic rings. The van der Waals surface area contributed by atoms with Crippen LogP contribution in [0.5, 0.6) is 0 Å². The molecule has 0 radical (unpaired) electrons. The van der Waals surface area contributed by atoms with E-state index in [0.29, 0.717) is 23.8 Å². The molecule has 0 unspecified atom stereocenters. The van der Waals surface area contributed by atoms with Crippen LogP contribution in [0.1, 0.15) is 55.7 Å². The van der Waals surface area contributed by atoms with Gasteiger partial charge in [-0.1, -0.05) is 68.4 Å². The molecule has 1 amide bonds. The highest BCUT2D eigenvalue weighted by atomic mass is 16.2. The van der Waals surface area contributed by atoms with Crippen molar-refractivity contribution in [3.8, 4) is 0 Å². The predicted octanol–water partition coefficient (Wildman–Crippen LogP) is 4.52. The van der Waals surface area contributed by atoms with Gasteiger partial charge in [-0.3, -0.25) is 4.79 Å². The monoisotopic (exact) mass is 402 g/mol. The van der Waals surface area contributed by atoms with Crippen LogP contribution in [0.4, 0.5) is 0 Å². The first-order valence-corrected chi connectivity index (χ1v) is 11.7. The van der Waals surface area contributed by atoms with E-state index in [2.05, 4.69) is 78.7 Å². The number of piperidine rings is 1. The number of carbonyl (C=O) groups is 1. The second kappa shape index (κ2) is 7.85. The summed E-state index contributed by atoms with van der Waals surface area (Å²) in [5.74, 6) is 1.49. The Bertz CT molecular complexity index is 908. The van der Waals surface area contributed by atoms with Gasteiger partial charge in [-0.2, -0.15) is 0 Å². The van der Waals surface area contributed by atoms with Gasteiger partial charge >= 0.3 is 0 Å². The maximum atomic E-state index is 14.0. The number of nitrogens with one attached hydrogen (secondary N) is 1. The topological polar surface area (TPSA) is 32.3 Å². The number of likely N-dealkylation sites (tertiary alicyclic amines) is 1. The summed E-state index contributed by atoms with van der Waals surface area (Å²) in [6, 6.07) is 20.0. The molecule has 5 rings (SSSR count). The SMILES string of the molecule is CC(C)[C@@H]1C[C@H](c2ccccc2)CCN1C(=O)[C@@H]1CNC[C@]12CCc1ccccc12. The standard InChI is InChI=1S/C27H34N2O/c1-19(2)25-16-22(20-8-4-3-5-9-20)13-15-29(25)26(30)24-17-28-18-27(24)14-12-21-10-6-7-11-23(21)27/h3-11,19,22,24-25,28H,12-18H2,1-2H3/t22-,24+,25+,27+/m1/s1. The number of benzene rings is 2. The number of rotatable bonds is 3. The Labute approximate surface area is 180 Å². The molecule has 0 aromatic heterocycles. The van der Waals surface area contributed by atoms with Crippen molar-refractivity contribution in [1.82, 2.24) is 10.2 Å². The number of hydrogen-bond donors (Lipinski definition) is 1. The van der Waals surface area contributed by atoms with E-state index in [9.17, 15) is 4.79 Å². The average Bonchev–Trinajstić information content (AvgIpc) is 3.38. The Morgan fingerprint density at radius 2 is 1.87 bits per heavy atom. The summed E-state index contributed by atoms with van der Waals surface area (Å²) < 4.78 is 0. The highest BCUT2D eigenvalue weighted by molar-refractivity contribution is 5.82. The van der Waals surface area contributed by atoms with E-state index in [0.717, 1.165) is 45.3 Å². The van der Waals surface area contributed by atoms with Crippen LogP contribution in [0.2, 0.25) is 0 Å². The van der Waals surface area contributed by atoms with Crippen molar-refractivity contribution >= 4 is 5.91 Å². The first-order chi connectivity index (χ1) is 14.6. The maximum absolute atomic E-state index is 14.0. The molecule has 3 heteroatoms. The van der Waals surface area contributed by atoms with Gasteiger partial charge in [0.1, 0.15) is 0 Å². The molecule has 2 aromatic carbocycles. The zero-order valence-electron chi connectivity index (χ0n) is 18.3. The third kappa shape index (κ3) is 3.19. The number of fused-ring (bicyclic) bond motifs is 2. The summed E-state index contributed by atoms with van der Waals surface area (Å²) >= 11 is 0. The van der Waals surface area contributed by atoms with Crippen LogP contribution in [0.25, 0.3) is 0 Å². The predicted molar refractivity (Wildman–Crippen MR) is 122 cm³/mol. The third-order valence-corrected chi connectivity index (χ3v) is 8.12. The summed E-state index contributed by atoms with van der Waals surface area (Å²) in [6.07, 6.45) is 4.35. The molecule has 2 heterocycles. The Hall–Kier alpha value is -2.13. The molecule has 0 saturated carbocycles. The third-order valence-electron chi connectivity index (χ3n) is 8.12. The lowest BCUT2D eigenvalue weighted by molar-refractivity contribution is -0.142. The summed E-state index contributed by atoms with van der Waals surface area (Å²) in [7, 11) is 0. The van der Waals surface area contributed by atoms with E-state index >= 15 is 0 Å². The Morgan fingerprint density at radius 1 is 1.10 bits per heavy atom. The van der Waals surface area contributed by atoms with Crippen molar-refractivity contribution in [2.45, 2.75) is 56.9 Å². The molecule has 2 fully saturated rings. The van der Waals surface area contributed by atoms with Gasteiger partial charge in [0.2, 0.25) is 5.91 Å². The summed E-state index contributed by atoms with van der Waals surface area (Å²) in [6.45, 7) is 7.21. The smallest absolute Gasteiger partial charge is 0.228 e. The van der Waals surface area contributed by atoms with Gasteiger partial charge in [0.25, 0.3) is 0 Å². The first-order valence-electron chi connectivity index (χ1n) is 11.7. The molecule has 1 N–H and O–H groups in total. The van der Waals surface area contributed by atoms with E-state index in [1.165, 1.54) is 16.7 Å². The Kier molecular flexibility index (Phi) is 5.18. The highest BCUT2D eigenvalue weighted by Crippen LogP contribution is 2.48. The van der Waals surface area contributed by atoms with Crippen LogP contribution >= 0.6 is 0 Å². The Balaban J connectivity index is 1.40. The van der Waals surface area contributed by atoms with Gasteiger partial charge in [-0.25, -0.2) is 0 Å². The van der Waals surface area contributed by atoms with Gasteiger partial charge in [0, 0.05) is 31.1 Å². The molecule has 1 aliphatic carbocycles. The lowest BCUT2D eigenvalue weighted by atomic mass is 9.72. The van der Waals surface area contributed by atoms with Gasteiger partial charge in [0.05, 0.1) is 5.92 Å². The minimum absolute atomic E-state index is 0.00845. The van der Waals surface area contributed by atoms with Crippen molar-refractivity contribution in [2.75, 3.05) is 19.6 Å². The number of aryl methyl sites for hydroxylation is 1. The fourth-order valence-electron chi connectivity index (χ4n) is 6.47. The van der Waals surface area contributed by atoms with E-state index in [1.54, 1.807) is 0 Å². The normalized spacial score (nSPS) is 30.8. The van der Waals surface area contributed by atoms with Crippen molar-refractivity contribution in [2.24, 2.45) is 11.8 Å². The zero-order valence-corrected chi connectivity index (χ0v) is 18.3. The number of hydrogen-bond acceptors (Lipinski definition) is 2. The molecule has 2 aromatic rings. The highest BCUT2D eigenvalue weighted by Gasteiger charge is 2.53. The number of nitrogens with zero attached hydrogens (tertiary/aromatic N) is 1. The van der Waals surface area contributed by atoms with E-state index < -0.39 is 0 Å². The van der Waals surface area contributed by atoms with E-state index in [-0.39, 0.29) is 11.3 Å². The second-order valence-electron chi connectivity index (χ2n) is 9.97. The minimum atomic E-state index is -0.00845. The number of carbonyl (C=O) groups excluding carboxylic acids is 1. The van der Waals surface area contributed by atoms with Crippen LogP contribution in [-0.2, 0) is 16.6 Å². The molecule has 2 saturated heterocycles. The van der Waals surface area contributed by atoms with Gasteiger partial charge < -0.3 is 10.2 Å². The average molecular weight is 403 g/mol. The molecule has 30 heavy (non-hydrogen) atoms. The lowest BCUT2D eigenvalue weighted by Crippen LogP contribution is -2.53. The maximum Gasteiger partial charge on any atom is 0.228 e. The fraction of sp³-hybridized carbons (Fsp3) is 0.519. The molecule has 158 valence electrons. The van der Waals surface area contributed by atoms with Crippen LogP contribution in [0.3, 0.4) is 0 Å². The lowest BCUT2D eigenvalue weighted by Gasteiger charge is -2.44. The quantitative estimate of drug-likeness (QED) is 0.819. The number of amides is 1. The van der Waals surface area contributed by atoms with Crippen LogP contribution in [0.15, 0.2) is 54.6 Å². The summed E-state index contributed by atoms with van der Waals surface area (Å²) in [5.41, 5.74) is 4.29. The van der Waals surface area contributed by atoms with Crippen LogP contribution < -0.4 is 5.32 Å². The molecule has 1 spiro atoms. The molecule has 0 bridgehead atoms. The molecule has 4 atom stereocenters. The summed E-state index contributed by atoms with van der Waals surface area (Å²) in [5, 5.41) is 3.60. The molecular formula is C27H34N2O. The van der Waals surface area contributed by atoms with Gasteiger partial charge in [-0.05, 0) is 54.2 Å². The summed E-state index contributed by atoms with van der Waals surface area (Å²) in [4.78, 5) is 16.3. The van der Waals surface area contributed by atoms with Crippen LogP contribution in [-0.4, -0.2) is 36.5 Å². The fourth-order valence-corrected chi connectivity index (χ4v) is 6.47. The van der Waals surface area contributed by atoms with E-state index in [4.69, 9.17) is 0 Å². The van der Waals surface area contributed by atoms with Crippen molar-refractivity contribution in [3.63, 3.8) is 0 Å². The second-order valence-corrected chi connectivity index (χ2v) is 9.97. The van der Waals surface area contributed by atoms with Crippen LogP contribution in [0, 0.1) is 11.8 Å². The van der Waals surface area contributed by atoms with Crippen molar-refractivity contribution < 1.29 is 4.79 Å². The van der Waals surface area contributed by atoms with Gasteiger partial charge in [0.15, 0.2) is 0 Å². The zero-order chi connectivity index (χ0) is 20.7. The Morgan fingerprint density at radius 3 is 2.67 bits per heavy atom. The minimum Gasteiger partial charge on any atom is -0.339 e.